The fourth-order valence-electron chi connectivity index (χ4n) is 1.58. The molecule has 0 spiro atoms. The third-order valence-electron chi connectivity index (χ3n) is 2.41. The van der Waals surface area contributed by atoms with Crippen LogP contribution in [0, 0.1) is 0 Å². The van der Waals surface area contributed by atoms with Crippen LogP contribution in [0.4, 0.5) is 5.82 Å². The molecular formula is C10H11Br2N3OS. The third kappa shape index (κ3) is 3.66. The fraction of sp³-hybridized carbons (Fsp3) is 0.500. The molecule has 1 aromatic heterocycles. The lowest BCUT2D eigenvalue weighted by Gasteiger charge is -2.20. The predicted octanol–water partition coefficient (Wildman–Crippen LogP) is 3.23. The number of halogens is 2. The van der Waals surface area contributed by atoms with Crippen molar-refractivity contribution in [2.75, 3.05) is 11.1 Å². The molecule has 0 aromatic carbocycles. The lowest BCUT2D eigenvalue weighted by atomic mass is 10.2. The highest BCUT2D eigenvalue weighted by molar-refractivity contribution is 9.11. The highest BCUT2D eigenvalue weighted by Gasteiger charge is 2.22. The van der Waals surface area contributed by atoms with Crippen molar-refractivity contribution in [3.8, 4) is 0 Å². The fourth-order valence-corrected chi connectivity index (χ4v) is 3.68. The second-order valence-corrected chi connectivity index (χ2v) is 6.55. The molecule has 0 saturated carbocycles. The van der Waals surface area contributed by atoms with Crippen molar-refractivity contribution < 1.29 is 4.79 Å². The largest absolute Gasteiger partial charge is 0.307 e. The van der Waals surface area contributed by atoms with Gasteiger partial charge in [-0.15, -0.1) is 11.8 Å². The van der Waals surface area contributed by atoms with Crippen LogP contribution in [0.1, 0.15) is 19.3 Å². The van der Waals surface area contributed by atoms with Crippen molar-refractivity contribution in [1.29, 1.82) is 0 Å². The Hall–Kier alpha value is -0.140. The molecular weight excluding hydrogens is 370 g/mol. The standard InChI is InChI=1S/C10H11Br2N3OS/c11-7-5-13-9(8(12)14-7)15-10(16)6-3-1-2-4-17-6/h5-6H,1-4H2,(H,13,15,16). The van der Waals surface area contributed by atoms with Crippen molar-refractivity contribution in [3.05, 3.63) is 15.4 Å². The van der Waals surface area contributed by atoms with Gasteiger partial charge in [0.05, 0.1) is 11.4 Å². The lowest BCUT2D eigenvalue weighted by Crippen LogP contribution is -2.28. The van der Waals surface area contributed by atoms with Crippen molar-refractivity contribution in [3.63, 3.8) is 0 Å². The monoisotopic (exact) mass is 379 g/mol. The second-order valence-electron chi connectivity index (χ2n) is 3.68. The topological polar surface area (TPSA) is 54.9 Å². The molecule has 0 aliphatic carbocycles. The number of nitrogens with one attached hydrogen (secondary N) is 1. The molecule has 0 radical (unpaired) electrons. The van der Waals surface area contributed by atoms with Gasteiger partial charge in [0.25, 0.3) is 0 Å². The summed E-state index contributed by atoms with van der Waals surface area (Å²) in [5.74, 6) is 1.56. The first-order valence-electron chi connectivity index (χ1n) is 5.27. The molecule has 2 rings (SSSR count). The predicted molar refractivity (Wildman–Crippen MR) is 76.2 cm³/mol. The molecule has 1 atom stereocenters. The first-order valence-corrected chi connectivity index (χ1v) is 7.91. The van der Waals surface area contributed by atoms with E-state index in [1.54, 1.807) is 18.0 Å². The summed E-state index contributed by atoms with van der Waals surface area (Å²) in [5.41, 5.74) is 0. The van der Waals surface area contributed by atoms with Gasteiger partial charge in [-0.2, -0.15) is 0 Å². The van der Waals surface area contributed by atoms with Crippen LogP contribution < -0.4 is 5.32 Å². The molecule has 1 aromatic rings. The van der Waals surface area contributed by atoms with E-state index in [0.717, 1.165) is 18.6 Å². The smallest absolute Gasteiger partial charge is 0.238 e. The third-order valence-corrected chi connectivity index (χ3v) is 4.73. The maximum absolute atomic E-state index is 12.0. The number of amides is 1. The van der Waals surface area contributed by atoms with Gasteiger partial charge in [-0.3, -0.25) is 4.79 Å². The first kappa shape index (κ1) is 13.3. The number of aromatic nitrogens is 2. The Labute approximate surface area is 121 Å². The van der Waals surface area contributed by atoms with Crippen LogP contribution in [0.5, 0.6) is 0 Å². The number of hydrogen-bond donors (Lipinski definition) is 1. The maximum Gasteiger partial charge on any atom is 0.238 e. The van der Waals surface area contributed by atoms with E-state index in [2.05, 4.69) is 47.1 Å². The van der Waals surface area contributed by atoms with Crippen LogP contribution in [0.25, 0.3) is 0 Å². The zero-order valence-electron chi connectivity index (χ0n) is 8.95. The van der Waals surface area contributed by atoms with E-state index < -0.39 is 0 Å². The van der Waals surface area contributed by atoms with Gasteiger partial charge in [0, 0.05) is 0 Å². The average Bonchev–Trinajstić information content (AvgIpc) is 2.34. The normalized spacial score (nSPS) is 20.0. The summed E-state index contributed by atoms with van der Waals surface area (Å²) in [4.78, 5) is 20.2. The van der Waals surface area contributed by atoms with Crippen LogP contribution >= 0.6 is 43.6 Å². The maximum atomic E-state index is 12.0. The zero-order valence-corrected chi connectivity index (χ0v) is 12.9. The van der Waals surface area contributed by atoms with Crippen LogP contribution in [-0.2, 0) is 4.79 Å². The van der Waals surface area contributed by atoms with E-state index in [-0.39, 0.29) is 11.2 Å². The Balaban J connectivity index is 2.02. The highest BCUT2D eigenvalue weighted by Crippen LogP contribution is 2.27. The quantitative estimate of drug-likeness (QED) is 0.855. The number of nitrogens with zero attached hydrogens (tertiary/aromatic N) is 2. The van der Waals surface area contributed by atoms with E-state index in [0.29, 0.717) is 15.0 Å². The Morgan fingerprint density at radius 1 is 1.47 bits per heavy atom. The van der Waals surface area contributed by atoms with Crippen molar-refractivity contribution in [1.82, 2.24) is 9.97 Å². The summed E-state index contributed by atoms with van der Waals surface area (Å²) >= 11 is 8.21. The molecule has 4 nitrogen and oxygen atoms in total. The molecule has 1 aliphatic rings. The van der Waals surface area contributed by atoms with E-state index >= 15 is 0 Å². The number of carbonyl (C=O) groups is 1. The molecule has 7 heteroatoms. The number of rotatable bonds is 2. The number of thioether (sulfide) groups is 1. The molecule has 1 unspecified atom stereocenters. The SMILES string of the molecule is O=C(Nc1ncc(Br)nc1Br)C1CCCCS1. The molecule has 92 valence electrons. The van der Waals surface area contributed by atoms with E-state index in [1.807, 2.05) is 0 Å². The number of carbonyl (C=O) groups excluding carboxylic acids is 1. The molecule has 2 heterocycles. The van der Waals surface area contributed by atoms with Gasteiger partial charge in [0.1, 0.15) is 9.21 Å². The van der Waals surface area contributed by atoms with Crippen molar-refractivity contribution >= 4 is 55.3 Å². The van der Waals surface area contributed by atoms with Crippen LogP contribution in [-0.4, -0.2) is 26.9 Å². The summed E-state index contributed by atoms with van der Waals surface area (Å²) in [6.07, 6.45) is 4.83. The van der Waals surface area contributed by atoms with Gasteiger partial charge in [-0.25, -0.2) is 9.97 Å². The van der Waals surface area contributed by atoms with Crippen molar-refractivity contribution in [2.24, 2.45) is 0 Å². The van der Waals surface area contributed by atoms with Crippen molar-refractivity contribution in [2.45, 2.75) is 24.5 Å². The van der Waals surface area contributed by atoms with Crippen LogP contribution in [0.15, 0.2) is 15.4 Å². The number of hydrogen-bond acceptors (Lipinski definition) is 4. The minimum atomic E-state index is 0.0204. The van der Waals surface area contributed by atoms with E-state index in [4.69, 9.17) is 0 Å². The molecule has 1 aliphatic heterocycles. The van der Waals surface area contributed by atoms with Crippen LogP contribution in [0.3, 0.4) is 0 Å². The van der Waals surface area contributed by atoms with Gasteiger partial charge in [0.2, 0.25) is 5.91 Å². The molecule has 1 fully saturated rings. The van der Waals surface area contributed by atoms with Gasteiger partial charge in [-0.1, -0.05) is 6.42 Å². The zero-order chi connectivity index (χ0) is 12.3. The summed E-state index contributed by atoms with van der Waals surface area (Å²) in [6, 6.07) is 0. The summed E-state index contributed by atoms with van der Waals surface area (Å²) in [7, 11) is 0. The molecule has 17 heavy (non-hydrogen) atoms. The Kier molecular flexibility index (Phi) is 4.81. The minimum absolute atomic E-state index is 0.0204. The summed E-state index contributed by atoms with van der Waals surface area (Å²) in [6.45, 7) is 0. The van der Waals surface area contributed by atoms with Crippen LogP contribution in [0.2, 0.25) is 0 Å². The Morgan fingerprint density at radius 2 is 2.29 bits per heavy atom. The molecule has 0 bridgehead atoms. The van der Waals surface area contributed by atoms with E-state index in [1.165, 1.54) is 6.42 Å². The number of anilines is 1. The lowest BCUT2D eigenvalue weighted by molar-refractivity contribution is -0.115. The minimum Gasteiger partial charge on any atom is -0.307 e. The summed E-state index contributed by atoms with van der Waals surface area (Å²) < 4.78 is 1.18. The first-order chi connectivity index (χ1) is 8.16. The van der Waals surface area contributed by atoms with E-state index in [9.17, 15) is 4.79 Å². The highest BCUT2D eigenvalue weighted by atomic mass is 79.9. The van der Waals surface area contributed by atoms with Gasteiger partial charge in [-0.05, 0) is 50.5 Å². The van der Waals surface area contributed by atoms with Gasteiger partial charge < -0.3 is 5.32 Å². The Bertz CT molecular complexity index is 424. The molecule has 1 amide bonds. The molecule has 1 saturated heterocycles. The Morgan fingerprint density at radius 3 is 2.94 bits per heavy atom. The van der Waals surface area contributed by atoms with Gasteiger partial charge >= 0.3 is 0 Å². The average molecular weight is 381 g/mol. The second kappa shape index (κ2) is 6.15. The van der Waals surface area contributed by atoms with Gasteiger partial charge in [0.15, 0.2) is 5.82 Å². The summed E-state index contributed by atoms with van der Waals surface area (Å²) in [5, 5.41) is 2.85. The molecule has 1 N–H and O–H groups in total.